The summed E-state index contributed by atoms with van der Waals surface area (Å²) < 4.78 is 5.85. The third-order valence-electron chi connectivity index (χ3n) is 3.90. The minimum absolute atomic E-state index is 0.199. The molecular weight excluding hydrogens is 334 g/mol. The molecule has 0 unspecified atom stereocenters. The van der Waals surface area contributed by atoms with Crippen LogP contribution < -0.4 is 10.6 Å². The molecule has 25 heavy (non-hydrogen) atoms. The molecule has 6 heteroatoms. The molecule has 0 saturated heterocycles. The molecule has 5 nitrogen and oxygen atoms in total. The summed E-state index contributed by atoms with van der Waals surface area (Å²) in [6, 6.07) is 11.8. The Morgan fingerprint density at radius 2 is 1.84 bits per heavy atom. The number of hydrogen-bond acceptors (Lipinski definition) is 4. The number of nitrogens with one attached hydrogen (secondary N) is 2. The van der Waals surface area contributed by atoms with Gasteiger partial charge in [0.25, 0.3) is 0 Å². The molecule has 0 bridgehead atoms. The first kappa shape index (κ1) is 17.1. The van der Waals surface area contributed by atoms with Crippen LogP contribution in [0.25, 0.3) is 11.1 Å². The molecule has 3 rings (SSSR count). The van der Waals surface area contributed by atoms with Gasteiger partial charge in [-0.05, 0) is 67.0 Å². The standard InChI is InChI=1S/C19H19N3O2S/c1-11-8-16-17(9-12(11)2)24-18(22-16)10-14-4-6-15(7-5-14)21-19(25)20-13(3)23/h4-9H,10H2,1-3H3,(H2,20,21,23,25). The predicted octanol–water partition coefficient (Wildman–Crippen LogP) is 3.87. The Kier molecular flexibility index (Phi) is 4.81. The number of hydrogen-bond donors (Lipinski definition) is 2. The minimum atomic E-state index is -0.199. The van der Waals surface area contributed by atoms with Gasteiger partial charge in [-0.1, -0.05) is 12.1 Å². The Morgan fingerprint density at radius 3 is 2.52 bits per heavy atom. The molecule has 2 aromatic carbocycles. The highest BCUT2D eigenvalue weighted by atomic mass is 32.1. The van der Waals surface area contributed by atoms with Crippen molar-refractivity contribution in [3.8, 4) is 0 Å². The van der Waals surface area contributed by atoms with Crippen molar-refractivity contribution in [1.82, 2.24) is 10.3 Å². The van der Waals surface area contributed by atoms with E-state index in [-0.39, 0.29) is 11.0 Å². The van der Waals surface area contributed by atoms with Crippen molar-refractivity contribution in [3.63, 3.8) is 0 Å². The molecule has 0 aliphatic heterocycles. The summed E-state index contributed by atoms with van der Waals surface area (Å²) in [7, 11) is 0. The first-order valence-electron chi connectivity index (χ1n) is 7.95. The van der Waals surface area contributed by atoms with Crippen molar-refractivity contribution in [1.29, 1.82) is 0 Å². The highest BCUT2D eigenvalue weighted by Crippen LogP contribution is 2.22. The largest absolute Gasteiger partial charge is 0.440 e. The van der Waals surface area contributed by atoms with E-state index in [0.29, 0.717) is 12.3 Å². The second-order valence-corrected chi connectivity index (χ2v) is 6.43. The zero-order valence-electron chi connectivity index (χ0n) is 14.3. The summed E-state index contributed by atoms with van der Waals surface area (Å²) in [6.45, 7) is 5.55. The van der Waals surface area contributed by atoms with Crippen molar-refractivity contribution in [3.05, 3.63) is 59.0 Å². The number of carbonyl (C=O) groups is 1. The normalized spacial score (nSPS) is 10.7. The van der Waals surface area contributed by atoms with Gasteiger partial charge in [-0.2, -0.15) is 0 Å². The lowest BCUT2D eigenvalue weighted by molar-refractivity contribution is -0.117. The number of benzene rings is 2. The van der Waals surface area contributed by atoms with Gasteiger partial charge >= 0.3 is 0 Å². The molecule has 0 saturated carbocycles. The molecule has 1 heterocycles. The monoisotopic (exact) mass is 353 g/mol. The molecule has 128 valence electrons. The second-order valence-electron chi connectivity index (χ2n) is 6.02. The fourth-order valence-corrected chi connectivity index (χ4v) is 2.77. The van der Waals surface area contributed by atoms with Gasteiger partial charge < -0.3 is 15.1 Å². The summed E-state index contributed by atoms with van der Waals surface area (Å²) >= 11 is 5.04. The van der Waals surface area contributed by atoms with E-state index in [1.54, 1.807) is 0 Å². The number of fused-ring (bicyclic) bond motifs is 1. The van der Waals surface area contributed by atoms with E-state index in [9.17, 15) is 4.79 Å². The molecule has 3 aromatic rings. The average Bonchev–Trinajstić information content (AvgIpc) is 2.90. The SMILES string of the molecule is CC(=O)NC(=S)Nc1ccc(Cc2nc3cc(C)c(C)cc3o2)cc1. The van der Waals surface area contributed by atoms with Crippen LogP contribution in [0.4, 0.5) is 5.69 Å². The molecule has 0 spiro atoms. The van der Waals surface area contributed by atoms with Crippen LogP contribution in [0.15, 0.2) is 40.8 Å². The number of carbonyl (C=O) groups excluding carboxylic acids is 1. The number of nitrogens with zero attached hydrogens (tertiary/aromatic N) is 1. The highest BCUT2D eigenvalue weighted by molar-refractivity contribution is 7.80. The van der Waals surface area contributed by atoms with Crippen LogP contribution >= 0.6 is 12.2 Å². The summed E-state index contributed by atoms with van der Waals surface area (Å²) in [5, 5.41) is 5.77. The second kappa shape index (κ2) is 7.03. The molecule has 0 aliphatic rings. The molecule has 1 amide bonds. The number of oxazole rings is 1. The first-order valence-corrected chi connectivity index (χ1v) is 8.36. The number of aryl methyl sites for hydroxylation is 2. The van der Waals surface area contributed by atoms with Crippen molar-refractivity contribution >= 4 is 40.0 Å². The van der Waals surface area contributed by atoms with E-state index in [2.05, 4.69) is 29.5 Å². The third-order valence-corrected chi connectivity index (χ3v) is 4.11. The van der Waals surface area contributed by atoms with E-state index in [4.69, 9.17) is 16.6 Å². The van der Waals surface area contributed by atoms with Crippen molar-refractivity contribution in [2.75, 3.05) is 5.32 Å². The zero-order chi connectivity index (χ0) is 18.0. The van der Waals surface area contributed by atoms with Crippen LogP contribution in [0.1, 0.15) is 29.5 Å². The number of thiocarbonyl (C=S) groups is 1. The number of rotatable bonds is 3. The van der Waals surface area contributed by atoms with E-state index in [1.165, 1.54) is 18.1 Å². The van der Waals surface area contributed by atoms with Crippen molar-refractivity contribution in [2.24, 2.45) is 0 Å². The van der Waals surface area contributed by atoms with Gasteiger partial charge in [0.1, 0.15) is 5.52 Å². The molecule has 0 radical (unpaired) electrons. The number of aromatic nitrogens is 1. The topological polar surface area (TPSA) is 67.2 Å². The van der Waals surface area contributed by atoms with Crippen LogP contribution in [0, 0.1) is 13.8 Å². The van der Waals surface area contributed by atoms with E-state index in [0.717, 1.165) is 22.4 Å². The van der Waals surface area contributed by atoms with Crippen molar-refractivity contribution in [2.45, 2.75) is 27.2 Å². The lowest BCUT2D eigenvalue weighted by Gasteiger charge is -2.08. The summed E-state index contributed by atoms with van der Waals surface area (Å²) in [5.74, 6) is 0.491. The first-order chi connectivity index (χ1) is 11.9. The molecule has 2 N–H and O–H groups in total. The van der Waals surface area contributed by atoms with Gasteiger partial charge in [0.15, 0.2) is 16.6 Å². The molecule has 1 aromatic heterocycles. The molecule has 0 aliphatic carbocycles. The zero-order valence-corrected chi connectivity index (χ0v) is 15.2. The fourth-order valence-electron chi connectivity index (χ4n) is 2.51. The molecule has 0 fully saturated rings. The van der Waals surface area contributed by atoms with Crippen LogP contribution in [0.3, 0.4) is 0 Å². The number of amides is 1. The Balaban J connectivity index is 1.71. The summed E-state index contributed by atoms with van der Waals surface area (Å²) in [4.78, 5) is 15.5. The minimum Gasteiger partial charge on any atom is -0.440 e. The van der Waals surface area contributed by atoms with Crippen LogP contribution in [0.2, 0.25) is 0 Å². The quantitative estimate of drug-likeness (QED) is 0.700. The lowest BCUT2D eigenvalue weighted by atomic mass is 10.1. The molecule has 0 atom stereocenters. The van der Waals surface area contributed by atoms with Gasteiger partial charge in [-0.25, -0.2) is 4.98 Å². The fraction of sp³-hybridized carbons (Fsp3) is 0.211. The maximum Gasteiger partial charge on any atom is 0.222 e. The van der Waals surface area contributed by atoms with Gasteiger partial charge in [-0.3, -0.25) is 4.79 Å². The van der Waals surface area contributed by atoms with Crippen LogP contribution in [-0.2, 0) is 11.2 Å². The van der Waals surface area contributed by atoms with E-state index < -0.39 is 0 Å². The van der Waals surface area contributed by atoms with Gasteiger partial charge in [0.2, 0.25) is 5.91 Å². The van der Waals surface area contributed by atoms with Gasteiger partial charge in [0.05, 0.1) is 0 Å². The maximum atomic E-state index is 11.0. The highest BCUT2D eigenvalue weighted by Gasteiger charge is 2.08. The van der Waals surface area contributed by atoms with Gasteiger partial charge in [0, 0.05) is 19.0 Å². The third kappa shape index (κ3) is 4.22. The summed E-state index contributed by atoms with van der Waals surface area (Å²) in [6.07, 6.45) is 0.614. The summed E-state index contributed by atoms with van der Waals surface area (Å²) in [5.41, 5.74) is 6.00. The van der Waals surface area contributed by atoms with E-state index >= 15 is 0 Å². The maximum absolute atomic E-state index is 11.0. The van der Waals surface area contributed by atoms with Gasteiger partial charge in [-0.15, -0.1) is 0 Å². The predicted molar refractivity (Wildman–Crippen MR) is 103 cm³/mol. The Hall–Kier alpha value is -2.73. The number of anilines is 1. The Bertz CT molecular complexity index is 906. The average molecular weight is 353 g/mol. The lowest BCUT2D eigenvalue weighted by Crippen LogP contribution is -2.32. The van der Waals surface area contributed by atoms with Crippen molar-refractivity contribution < 1.29 is 9.21 Å². The Labute approximate surface area is 151 Å². The smallest absolute Gasteiger partial charge is 0.222 e. The molecular formula is C19H19N3O2S. The van der Waals surface area contributed by atoms with E-state index in [1.807, 2.05) is 36.4 Å². The van der Waals surface area contributed by atoms with Crippen LogP contribution in [-0.4, -0.2) is 16.0 Å². The Morgan fingerprint density at radius 1 is 1.16 bits per heavy atom. The van der Waals surface area contributed by atoms with Crippen LogP contribution in [0.5, 0.6) is 0 Å².